The summed E-state index contributed by atoms with van der Waals surface area (Å²) >= 11 is 5.92. The fourth-order valence-electron chi connectivity index (χ4n) is 2.68. The first-order chi connectivity index (χ1) is 11.9. The summed E-state index contributed by atoms with van der Waals surface area (Å²) in [6, 6.07) is 14.6. The predicted molar refractivity (Wildman–Crippen MR) is 100 cm³/mol. The van der Waals surface area contributed by atoms with Gasteiger partial charge in [0.1, 0.15) is 6.04 Å². The van der Waals surface area contributed by atoms with Crippen molar-refractivity contribution >= 4 is 23.4 Å². The molecule has 0 aliphatic carbocycles. The molecule has 2 aromatic rings. The molecule has 0 aliphatic rings. The van der Waals surface area contributed by atoms with E-state index in [9.17, 15) is 9.59 Å². The van der Waals surface area contributed by atoms with Crippen LogP contribution in [0.3, 0.4) is 0 Å². The number of amides is 2. The quantitative estimate of drug-likeness (QED) is 0.860. The predicted octanol–water partition coefficient (Wildman–Crippen LogP) is 3.35. The zero-order chi connectivity index (χ0) is 18.4. The highest BCUT2D eigenvalue weighted by Gasteiger charge is 2.25. The van der Waals surface area contributed by atoms with E-state index in [-0.39, 0.29) is 18.2 Å². The van der Waals surface area contributed by atoms with Crippen molar-refractivity contribution in [2.24, 2.45) is 0 Å². The van der Waals surface area contributed by atoms with Crippen molar-refractivity contribution in [1.29, 1.82) is 0 Å². The number of hydrogen-bond donors (Lipinski definition) is 1. The number of rotatable bonds is 6. The molecule has 2 aromatic carbocycles. The van der Waals surface area contributed by atoms with Crippen LogP contribution in [0.25, 0.3) is 0 Å². The average Bonchev–Trinajstić information content (AvgIpc) is 2.59. The zero-order valence-corrected chi connectivity index (χ0v) is 15.5. The first-order valence-electron chi connectivity index (χ1n) is 8.21. The summed E-state index contributed by atoms with van der Waals surface area (Å²) < 4.78 is 0. The lowest BCUT2D eigenvalue weighted by Gasteiger charge is -2.28. The summed E-state index contributed by atoms with van der Waals surface area (Å²) in [6.07, 6.45) is 0.261. The molecule has 0 aromatic heterocycles. The summed E-state index contributed by atoms with van der Waals surface area (Å²) in [5.41, 5.74) is 2.97. The molecule has 2 rings (SSSR count). The molecule has 4 nitrogen and oxygen atoms in total. The molecule has 0 aliphatic heterocycles. The highest BCUT2D eigenvalue weighted by atomic mass is 35.5. The zero-order valence-electron chi connectivity index (χ0n) is 14.8. The molecular weight excluding hydrogens is 336 g/mol. The molecule has 0 spiro atoms. The maximum Gasteiger partial charge on any atom is 0.242 e. The van der Waals surface area contributed by atoms with Crippen LogP contribution in [0.1, 0.15) is 23.6 Å². The SMILES string of the molecule is CNC(=O)C(C)N(Cc1ccc(Cl)cc1)C(=O)Cc1cccc(C)c1. The van der Waals surface area contributed by atoms with Crippen LogP contribution in [-0.2, 0) is 22.6 Å². The van der Waals surface area contributed by atoms with Gasteiger partial charge in [0.15, 0.2) is 0 Å². The Kier molecular flexibility index (Phi) is 6.59. The molecule has 132 valence electrons. The molecule has 0 heterocycles. The summed E-state index contributed by atoms with van der Waals surface area (Å²) in [7, 11) is 1.57. The number of nitrogens with zero attached hydrogens (tertiary/aromatic N) is 1. The Morgan fingerprint density at radius 3 is 2.40 bits per heavy atom. The number of carbonyl (C=O) groups excluding carboxylic acids is 2. The fourth-order valence-corrected chi connectivity index (χ4v) is 2.80. The maximum atomic E-state index is 12.9. The van der Waals surface area contributed by atoms with Crippen molar-refractivity contribution in [1.82, 2.24) is 10.2 Å². The largest absolute Gasteiger partial charge is 0.357 e. The number of likely N-dealkylation sites (N-methyl/N-ethyl adjacent to an activating group) is 1. The second kappa shape index (κ2) is 8.67. The van der Waals surface area contributed by atoms with E-state index < -0.39 is 6.04 Å². The van der Waals surface area contributed by atoms with Gasteiger partial charge in [-0.15, -0.1) is 0 Å². The van der Waals surface area contributed by atoms with E-state index in [0.29, 0.717) is 11.6 Å². The van der Waals surface area contributed by atoms with Gasteiger partial charge in [-0.25, -0.2) is 0 Å². The molecule has 0 bridgehead atoms. The summed E-state index contributed by atoms with van der Waals surface area (Å²) in [6.45, 7) is 4.09. The third-order valence-corrected chi connectivity index (χ3v) is 4.37. The van der Waals surface area contributed by atoms with Gasteiger partial charge in [-0.1, -0.05) is 53.6 Å². The minimum absolute atomic E-state index is 0.0864. The van der Waals surface area contributed by atoms with Crippen LogP contribution in [0.15, 0.2) is 48.5 Å². The lowest BCUT2D eigenvalue weighted by atomic mass is 10.1. The van der Waals surface area contributed by atoms with Gasteiger partial charge in [-0.05, 0) is 37.1 Å². The van der Waals surface area contributed by atoms with Crippen LogP contribution in [0, 0.1) is 6.92 Å². The number of carbonyl (C=O) groups is 2. The van der Waals surface area contributed by atoms with Crippen LogP contribution in [0.2, 0.25) is 5.02 Å². The van der Waals surface area contributed by atoms with Crippen LogP contribution >= 0.6 is 11.6 Å². The molecule has 25 heavy (non-hydrogen) atoms. The molecule has 0 radical (unpaired) electrons. The Morgan fingerprint density at radius 1 is 1.12 bits per heavy atom. The highest BCUT2D eigenvalue weighted by Crippen LogP contribution is 2.15. The number of nitrogens with one attached hydrogen (secondary N) is 1. The van der Waals surface area contributed by atoms with E-state index in [0.717, 1.165) is 16.7 Å². The number of hydrogen-bond acceptors (Lipinski definition) is 2. The first-order valence-corrected chi connectivity index (χ1v) is 8.59. The highest BCUT2D eigenvalue weighted by molar-refractivity contribution is 6.30. The lowest BCUT2D eigenvalue weighted by molar-refractivity contribution is -0.139. The maximum absolute atomic E-state index is 12.9. The van der Waals surface area contributed by atoms with Crippen LogP contribution in [0.5, 0.6) is 0 Å². The van der Waals surface area contributed by atoms with Gasteiger partial charge in [-0.2, -0.15) is 0 Å². The molecular formula is C20H23ClN2O2. The summed E-state index contributed by atoms with van der Waals surface area (Å²) in [4.78, 5) is 26.6. The van der Waals surface area contributed by atoms with E-state index in [1.807, 2.05) is 43.3 Å². The van der Waals surface area contributed by atoms with Gasteiger partial charge < -0.3 is 10.2 Å². The molecule has 0 fully saturated rings. The Morgan fingerprint density at radius 2 is 1.80 bits per heavy atom. The van der Waals surface area contributed by atoms with Crippen molar-refractivity contribution in [3.8, 4) is 0 Å². The normalized spacial score (nSPS) is 11.7. The molecule has 1 atom stereocenters. The second-order valence-corrected chi connectivity index (χ2v) is 6.54. The minimum Gasteiger partial charge on any atom is -0.357 e. The van der Waals surface area contributed by atoms with E-state index in [4.69, 9.17) is 11.6 Å². The second-order valence-electron chi connectivity index (χ2n) is 6.10. The molecule has 0 saturated heterocycles. The molecule has 0 saturated carbocycles. The van der Waals surface area contributed by atoms with Crippen LogP contribution < -0.4 is 5.32 Å². The number of halogens is 1. The Bertz CT molecular complexity index is 744. The summed E-state index contributed by atoms with van der Waals surface area (Å²) in [5, 5.41) is 3.25. The summed E-state index contributed by atoms with van der Waals surface area (Å²) in [5.74, 6) is -0.275. The van der Waals surface area contributed by atoms with E-state index >= 15 is 0 Å². The molecule has 2 amide bonds. The van der Waals surface area contributed by atoms with Crippen molar-refractivity contribution < 1.29 is 9.59 Å². The number of benzene rings is 2. The third kappa shape index (κ3) is 5.33. The molecule has 1 unspecified atom stereocenters. The van der Waals surface area contributed by atoms with Crippen LogP contribution in [-0.4, -0.2) is 29.8 Å². The van der Waals surface area contributed by atoms with Gasteiger partial charge in [0, 0.05) is 18.6 Å². The van der Waals surface area contributed by atoms with Gasteiger partial charge in [-0.3, -0.25) is 9.59 Å². The third-order valence-electron chi connectivity index (χ3n) is 4.12. The Balaban J connectivity index is 2.21. The molecule has 1 N–H and O–H groups in total. The molecule has 5 heteroatoms. The van der Waals surface area contributed by atoms with Crippen LogP contribution in [0.4, 0.5) is 0 Å². The minimum atomic E-state index is -0.557. The fraction of sp³-hybridized carbons (Fsp3) is 0.300. The van der Waals surface area contributed by atoms with Gasteiger partial charge >= 0.3 is 0 Å². The van der Waals surface area contributed by atoms with E-state index in [1.165, 1.54) is 0 Å². The monoisotopic (exact) mass is 358 g/mol. The van der Waals surface area contributed by atoms with Crippen molar-refractivity contribution in [3.05, 3.63) is 70.2 Å². The Hall–Kier alpha value is -2.33. The van der Waals surface area contributed by atoms with E-state index in [2.05, 4.69) is 5.32 Å². The lowest BCUT2D eigenvalue weighted by Crippen LogP contribution is -2.47. The number of aryl methyl sites for hydroxylation is 1. The van der Waals surface area contributed by atoms with Crippen molar-refractivity contribution in [2.45, 2.75) is 32.9 Å². The smallest absolute Gasteiger partial charge is 0.242 e. The van der Waals surface area contributed by atoms with E-state index in [1.54, 1.807) is 31.0 Å². The van der Waals surface area contributed by atoms with Gasteiger partial charge in [0.2, 0.25) is 11.8 Å². The first kappa shape index (κ1) is 19.0. The topological polar surface area (TPSA) is 49.4 Å². The van der Waals surface area contributed by atoms with Crippen molar-refractivity contribution in [2.75, 3.05) is 7.05 Å². The van der Waals surface area contributed by atoms with Gasteiger partial charge in [0.25, 0.3) is 0 Å². The van der Waals surface area contributed by atoms with Crippen molar-refractivity contribution in [3.63, 3.8) is 0 Å². The standard InChI is InChI=1S/C20H23ClN2O2/c1-14-5-4-6-17(11-14)12-19(24)23(15(2)20(25)22-3)13-16-7-9-18(21)10-8-16/h4-11,15H,12-13H2,1-3H3,(H,22,25). The Labute approximate surface area is 153 Å². The van der Waals surface area contributed by atoms with Gasteiger partial charge in [0.05, 0.1) is 6.42 Å². The average molecular weight is 359 g/mol.